The molecule has 0 aliphatic heterocycles. The van der Waals surface area contributed by atoms with Gasteiger partial charge in [0.25, 0.3) is 5.91 Å². The van der Waals surface area contributed by atoms with E-state index in [1.54, 1.807) is 0 Å². The Hall–Kier alpha value is -2.66. The molecule has 2 N–H and O–H groups in total. The summed E-state index contributed by atoms with van der Waals surface area (Å²) in [4.78, 5) is 24.9. The number of amides is 2. The van der Waals surface area contributed by atoms with Crippen molar-refractivity contribution in [3.63, 3.8) is 0 Å². The number of rotatable bonds is 5. The van der Waals surface area contributed by atoms with Gasteiger partial charge < -0.3 is 10.6 Å². The van der Waals surface area contributed by atoms with Crippen molar-refractivity contribution in [3.8, 4) is 0 Å². The molecular formula is C20H18N2O2S. The molecule has 0 bridgehead atoms. The summed E-state index contributed by atoms with van der Waals surface area (Å²) in [6.45, 7) is 0. The van der Waals surface area contributed by atoms with Gasteiger partial charge in [0, 0.05) is 16.4 Å². The molecule has 1 fully saturated rings. The number of nitrogens with one attached hydrogen (secondary N) is 2. The van der Waals surface area contributed by atoms with Gasteiger partial charge in [0.2, 0.25) is 5.91 Å². The van der Waals surface area contributed by atoms with E-state index in [9.17, 15) is 9.59 Å². The molecule has 1 aromatic heterocycles. The summed E-state index contributed by atoms with van der Waals surface area (Å²) in [5.41, 5.74) is 1.67. The van der Waals surface area contributed by atoms with Gasteiger partial charge in [-0.1, -0.05) is 30.3 Å². The van der Waals surface area contributed by atoms with Crippen molar-refractivity contribution in [2.45, 2.75) is 25.3 Å². The van der Waals surface area contributed by atoms with Crippen LogP contribution in [0.15, 0.2) is 54.6 Å². The van der Waals surface area contributed by atoms with Crippen LogP contribution in [0.4, 0.5) is 5.69 Å². The van der Waals surface area contributed by atoms with Gasteiger partial charge >= 0.3 is 0 Å². The van der Waals surface area contributed by atoms with E-state index in [1.807, 2.05) is 54.6 Å². The summed E-state index contributed by atoms with van der Waals surface area (Å²) < 4.78 is 1.10. The van der Waals surface area contributed by atoms with Crippen LogP contribution in [-0.2, 0) is 11.2 Å². The molecule has 2 amide bonds. The normalized spacial score (nSPS) is 13.6. The zero-order valence-corrected chi connectivity index (χ0v) is 14.4. The third kappa shape index (κ3) is 3.88. The minimum atomic E-state index is -0.111. The molecule has 0 radical (unpaired) electrons. The summed E-state index contributed by atoms with van der Waals surface area (Å²) in [5.74, 6) is -0.0509. The Labute approximate surface area is 149 Å². The highest BCUT2D eigenvalue weighted by molar-refractivity contribution is 7.20. The van der Waals surface area contributed by atoms with E-state index in [1.165, 1.54) is 11.3 Å². The number of fused-ring (bicyclic) bond motifs is 1. The van der Waals surface area contributed by atoms with Crippen LogP contribution in [0.2, 0.25) is 0 Å². The van der Waals surface area contributed by atoms with E-state index in [0.29, 0.717) is 17.3 Å². The summed E-state index contributed by atoms with van der Waals surface area (Å²) >= 11 is 1.48. The summed E-state index contributed by atoms with van der Waals surface area (Å²) in [5, 5.41) is 6.97. The van der Waals surface area contributed by atoms with Crippen molar-refractivity contribution in [2.75, 3.05) is 5.32 Å². The standard InChI is InChI=1S/C20H18N2O2S/c23-19(21-15-9-10-15)11-13-5-7-16(8-6-13)22-20(24)18-12-14-3-1-2-4-17(14)25-18/h1-8,12,15H,9-11H2,(H,21,23)(H,22,24). The minimum absolute atomic E-state index is 0.0598. The van der Waals surface area contributed by atoms with E-state index in [4.69, 9.17) is 0 Å². The molecular weight excluding hydrogens is 332 g/mol. The second kappa shape index (κ2) is 6.69. The Morgan fingerprint density at radius 3 is 2.52 bits per heavy atom. The van der Waals surface area contributed by atoms with Crippen molar-refractivity contribution in [1.82, 2.24) is 5.32 Å². The van der Waals surface area contributed by atoms with E-state index in [-0.39, 0.29) is 11.8 Å². The van der Waals surface area contributed by atoms with Crippen LogP contribution in [0.5, 0.6) is 0 Å². The number of benzene rings is 2. The average molecular weight is 350 g/mol. The molecule has 0 atom stereocenters. The Bertz CT molecular complexity index is 893. The number of hydrogen-bond donors (Lipinski definition) is 2. The van der Waals surface area contributed by atoms with Crippen molar-refractivity contribution in [2.24, 2.45) is 0 Å². The summed E-state index contributed by atoms with van der Waals surface area (Å²) in [7, 11) is 0. The Morgan fingerprint density at radius 2 is 1.80 bits per heavy atom. The molecule has 25 heavy (non-hydrogen) atoms. The first-order valence-electron chi connectivity index (χ1n) is 8.35. The summed E-state index contributed by atoms with van der Waals surface area (Å²) in [6, 6.07) is 17.7. The SMILES string of the molecule is O=C(Cc1ccc(NC(=O)c2cc3ccccc3s2)cc1)NC1CC1. The molecule has 0 saturated heterocycles. The first-order valence-corrected chi connectivity index (χ1v) is 9.17. The highest BCUT2D eigenvalue weighted by Crippen LogP contribution is 2.26. The second-order valence-corrected chi connectivity index (χ2v) is 7.40. The maximum atomic E-state index is 12.4. The Balaban J connectivity index is 1.39. The largest absolute Gasteiger partial charge is 0.353 e. The quantitative estimate of drug-likeness (QED) is 0.731. The molecule has 1 aliphatic rings. The second-order valence-electron chi connectivity index (χ2n) is 6.32. The van der Waals surface area contributed by atoms with Crippen LogP contribution in [0.1, 0.15) is 28.1 Å². The van der Waals surface area contributed by atoms with Crippen molar-refractivity contribution < 1.29 is 9.59 Å². The predicted molar refractivity (Wildman–Crippen MR) is 101 cm³/mol. The molecule has 0 unspecified atom stereocenters. The van der Waals surface area contributed by atoms with E-state index in [0.717, 1.165) is 34.2 Å². The fourth-order valence-corrected chi connectivity index (χ4v) is 3.64. The lowest BCUT2D eigenvalue weighted by Crippen LogP contribution is -2.26. The topological polar surface area (TPSA) is 58.2 Å². The molecule has 4 rings (SSSR count). The maximum Gasteiger partial charge on any atom is 0.265 e. The third-order valence-corrected chi connectivity index (χ3v) is 5.28. The molecule has 1 aliphatic carbocycles. The predicted octanol–water partition coefficient (Wildman–Crippen LogP) is 3.97. The lowest BCUT2D eigenvalue weighted by molar-refractivity contribution is -0.120. The Kier molecular flexibility index (Phi) is 4.24. The molecule has 3 aromatic rings. The van der Waals surface area contributed by atoms with E-state index in [2.05, 4.69) is 10.6 Å². The lowest BCUT2D eigenvalue weighted by Gasteiger charge is -2.06. The highest BCUT2D eigenvalue weighted by atomic mass is 32.1. The number of carbonyl (C=O) groups is 2. The van der Waals surface area contributed by atoms with Crippen LogP contribution in [0, 0.1) is 0 Å². The summed E-state index contributed by atoms with van der Waals surface area (Å²) in [6.07, 6.45) is 2.56. The molecule has 1 heterocycles. The van der Waals surface area contributed by atoms with Gasteiger partial charge in [-0.2, -0.15) is 0 Å². The fraction of sp³-hybridized carbons (Fsp3) is 0.200. The van der Waals surface area contributed by atoms with Crippen LogP contribution in [-0.4, -0.2) is 17.9 Å². The first kappa shape index (κ1) is 15.8. The number of thiophene rings is 1. The smallest absolute Gasteiger partial charge is 0.265 e. The lowest BCUT2D eigenvalue weighted by atomic mass is 10.1. The van der Waals surface area contributed by atoms with Gasteiger partial charge in [0.1, 0.15) is 0 Å². The molecule has 4 nitrogen and oxygen atoms in total. The third-order valence-electron chi connectivity index (χ3n) is 4.17. The van der Waals surface area contributed by atoms with Crippen LogP contribution in [0.25, 0.3) is 10.1 Å². The highest BCUT2D eigenvalue weighted by Gasteiger charge is 2.23. The van der Waals surface area contributed by atoms with Crippen LogP contribution in [0.3, 0.4) is 0 Å². The van der Waals surface area contributed by atoms with E-state index >= 15 is 0 Å². The van der Waals surface area contributed by atoms with Crippen LogP contribution < -0.4 is 10.6 Å². The van der Waals surface area contributed by atoms with Crippen molar-refractivity contribution in [1.29, 1.82) is 0 Å². The zero-order valence-electron chi connectivity index (χ0n) is 13.6. The molecule has 126 valence electrons. The number of carbonyl (C=O) groups excluding carboxylic acids is 2. The Morgan fingerprint density at radius 1 is 1.04 bits per heavy atom. The maximum absolute atomic E-state index is 12.4. The molecule has 1 saturated carbocycles. The first-order chi connectivity index (χ1) is 12.2. The minimum Gasteiger partial charge on any atom is -0.353 e. The molecule has 5 heteroatoms. The van der Waals surface area contributed by atoms with Crippen molar-refractivity contribution >= 4 is 38.9 Å². The van der Waals surface area contributed by atoms with Crippen LogP contribution >= 0.6 is 11.3 Å². The van der Waals surface area contributed by atoms with Gasteiger partial charge in [-0.3, -0.25) is 9.59 Å². The monoisotopic (exact) mass is 350 g/mol. The fourth-order valence-electron chi connectivity index (χ4n) is 2.68. The van der Waals surface area contributed by atoms with Gasteiger partial charge in [0.15, 0.2) is 0 Å². The molecule has 0 spiro atoms. The van der Waals surface area contributed by atoms with Gasteiger partial charge in [-0.05, 0) is 48.1 Å². The van der Waals surface area contributed by atoms with E-state index < -0.39 is 0 Å². The van der Waals surface area contributed by atoms with Gasteiger partial charge in [0.05, 0.1) is 11.3 Å². The van der Waals surface area contributed by atoms with Gasteiger partial charge in [-0.15, -0.1) is 11.3 Å². The van der Waals surface area contributed by atoms with Gasteiger partial charge in [-0.25, -0.2) is 0 Å². The molecule has 2 aromatic carbocycles. The zero-order chi connectivity index (χ0) is 17.2. The average Bonchev–Trinajstić information content (AvgIpc) is 3.30. The number of hydrogen-bond acceptors (Lipinski definition) is 3. The van der Waals surface area contributed by atoms with Crippen molar-refractivity contribution in [3.05, 3.63) is 65.0 Å². The number of anilines is 1.